The lowest BCUT2D eigenvalue weighted by Gasteiger charge is -2.33. The van der Waals surface area contributed by atoms with E-state index in [1.807, 2.05) is 30.2 Å². The average molecular weight is 439 g/mol. The minimum Gasteiger partial charge on any atom is -0.342 e. The molecule has 1 saturated carbocycles. The summed E-state index contributed by atoms with van der Waals surface area (Å²) in [7, 11) is 0. The third-order valence-corrected chi connectivity index (χ3v) is 7.46. The van der Waals surface area contributed by atoms with Crippen LogP contribution in [0.3, 0.4) is 0 Å². The van der Waals surface area contributed by atoms with Gasteiger partial charge in [-0.1, -0.05) is 24.6 Å². The van der Waals surface area contributed by atoms with Crippen LogP contribution >= 0.6 is 0 Å². The van der Waals surface area contributed by atoms with E-state index in [4.69, 9.17) is 5.26 Å². The molecule has 168 valence electrons. The van der Waals surface area contributed by atoms with E-state index in [1.54, 1.807) is 0 Å². The monoisotopic (exact) mass is 438 g/mol. The molecule has 2 heterocycles. The number of rotatable bonds is 4. The molecule has 33 heavy (non-hydrogen) atoms. The zero-order valence-electron chi connectivity index (χ0n) is 19.4. The number of nitrogens with one attached hydrogen (secondary N) is 1. The number of hydrogen-bond acceptors (Lipinski definition) is 3. The molecule has 1 amide bonds. The van der Waals surface area contributed by atoms with Crippen LogP contribution in [0.15, 0.2) is 42.6 Å². The number of nitrogens with zero attached hydrogens (tertiary/aromatic N) is 3. The molecule has 1 saturated heterocycles. The van der Waals surface area contributed by atoms with Crippen molar-refractivity contribution in [3.63, 3.8) is 0 Å². The summed E-state index contributed by atoms with van der Waals surface area (Å²) in [5, 5.41) is 9.02. The number of benzene rings is 2. The number of aromatic amines is 1. The van der Waals surface area contributed by atoms with E-state index in [1.165, 1.54) is 30.4 Å². The number of hydrogen-bond donors (Lipinski definition) is 1. The first-order chi connectivity index (χ1) is 16.0. The normalized spacial score (nSPS) is 16.9. The molecule has 0 atom stereocenters. The molecule has 2 aromatic carbocycles. The first kappa shape index (κ1) is 21.5. The van der Waals surface area contributed by atoms with E-state index < -0.39 is 0 Å². The molecule has 0 bridgehead atoms. The Balaban J connectivity index is 1.36. The number of nitriles is 1. The Morgan fingerprint density at radius 1 is 1.06 bits per heavy atom. The summed E-state index contributed by atoms with van der Waals surface area (Å²) in [5.41, 5.74) is 7.30. The van der Waals surface area contributed by atoms with Crippen LogP contribution in [-0.2, 0) is 0 Å². The third kappa shape index (κ3) is 4.18. The van der Waals surface area contributed by atoms with E-state index in [2.05, 4.69) is 47.2 Å². The molecule has 1 N–H and O–H groups in total. The van der Waals surface area contributed by atoms with Gasteiger partial charge in [0.2, 0.25) is 0 Å². The smallest absolute Gasteiger partial charge is 0.254 e. The number of piperidine rings is 1. The van der Waals surface area contributed by atoms with Crippen LogP contribution in [0.4, 0.5) is 0 Å². The largest absolute Gasteiger partial charge is 0.342 e. The maximum absolute atomic E-state index is 13.6. The van der Waals surface area contributed by atoms with Crippen molar-refractivity contribution in [2.45, 2.75) is 57.8 Å². The zero-order chi connectivity index (χ0) is 22.9. The van der Waals surface area contributed by atoms with Gasteiger partial charge in [-0.15, -0.1) is 0 Å². The topological polar surface area (TPSA) is 72.8 Å². The van der Waals surface area contributed by atoms with Gasteiger partial charge in [0.25, 0.3) is 5.91 Å². The summed E-state index contributed by atoms with van der Waals surface area (Å²) < 4.78 is 0. The van der Waals surface area contributed by atoms with Crippen molar-refractivity contribution in [1.82, 2.24) is 14.9 Å². The summed E-state index contributed by atoms with van der Waals surface area (Å²) in [6.45, 7) is 5.54. The lowest BCUT2D eigenvalue weighted by atomic mass is 9.76. The second kappa shape index (κ2) is 8.86. The van der Waals surface area contributed by atoms with E-state index in [0.717, 1.165) is 54.1 Å². The molecule has 1 aromatic heterocycles. The van der Waals surface area contributed by atoms with Crippen LogP contribution in [0, 0.1) is 25.2 Å². The zero-order valence-corrected chi connectivity index (χ0v) is 19.4. The maximum atomic E-state index is 13.6. The molecule has 5 rings (SSSR count). The number of carbonyl (C=O) groups is 1. The number of aromatic nitrogens is 2. The molecule has 1 aliphatic carbocycles. The van der Waals surface area contributed by atoms with E-state index in [-0.39, 0.29) is 5.91 Å². The minimum atomic E-state index is 0.128. The predicted molar refractivity (Wildman–Crippen MR) is 129 cm³/mol. The highest BCUT2D eigenvalue weighted by atomic mass is 16.2. The molecular formula is C28H30N4O. The Labute approximate surface area is 195 Å². The number of aryl methyl sites for hydroxylation is 2. The summed E-state index contributed by atoms with van der Waals surface area (Å²) in [6, 6.07) is 14.4. The van der Waals surface area contributed by atoms with Crippen LogP contribution in [0.5, 0.6) is 0 Å². The number of H-pyrrole nitrogens is 1. The summed E-state index contributed by atoms with van der Waals surface area (Å²) >= 11 is 0. The molecule has 5 heteroatoms. The van der Waals surface area contributed by atoms with E-state index in [9.17, 15) is 4.79 Å². The van der Waals surface area contributed by atoms with Crippen molar-refractivity contribution in [3.8, 4) is 17.3 Å². The van der Waals surface area contributed by atoms with E-state index >= 15 is 0 Å². The quantitative estimate of drug-likeness (QED) is 0.555. The second-order valence-corrected chi connectivity index (χ2v) is 9.56. The summed E-state index contributed by atoms with van der Waals surface area (Å²) in [6.07, 6.45) is 7.50. The van der Waals surface area contributed by atoms with Gasteiger partial charge in [-0.3, -0.25) is 4.79 Å². The molecule has 5 nitrogen and oxygen atoms in total. The van der Waals surface area contributed by atoms with Gasteiger partial charge < -0.3 is 9.88 Å². The highest BCUT2D eigenvalue weighted by molar-refractivity contribution is 5.97. The molecule has 2 aliphatic rings. The SMILES string of the molecule is Cc1ncc(-c2cc(C(=O)N3CCC(c4ccc(C#N)cc4)CC3)c(C)cc2C2CCC2)[nH]1. The molecule has 2 fully saturated rings. The second-order valence-electron chi connectivity index (χ2n) is 9.56. The van der Waals surface area contributed by atoms with Gasteiger partial charge in [0.15, 0.2) is 0 Å². The maximum Gasteiger partial charge on any atom is 0.254 e. The number of imidazole rings is 1. The number of carbonyl (C=O) groups excluding carboxylic acids is 1. The molecule has 0 spiro atoms. The Morgan fingerprint density at radius 3 is 2.36 bits per heavy atom. The molecule has 0 unspecified atom stereocenters. The van der Waals surface area contributed by atoms with Gasteiger partial charge in [-0.2, -0.15) is 5.26 Å². The van der Waals surface area contributed by atoms with Gasteiger partial charge in [-0.05, 0) is 86.3 Å². The van der Waals surface area contributed by atoms with Gasteiger partial charge in [0.05, 0.1) is 23.5 Å². The van der Waals surface area contributed by atoms with Gasteiger partial charge in [0, 0.05) is 24.2 Å². The highest BCUT2D eigenvalue weighted by Gasteiger charge is 2.28. The Bertz CT molecular complexity index is 1210. The summed E-state index contributed by atoms with van der Waals surface area (Å²) in [4.78, 5) is 23.4. The lowest BCUT2D eigenvalue weighted by molar-refractivity contribution is 0.0712. The van der Waals surface area contributed by atoms with Crippen molar-refractivity contribution < 1.29 is 4.79 Å². The standard InChI is InChI=1S/C28H30N4O/c1-18-14-25(23-4-3-5-23)26(27-17-30-19(2)31-27)15-24(18)28(33)32-12-10-22(11-13-32)21-8-6-20(16-29)7-9-21/h6-9,14-15,17,22-23H,3-5,10-13H2,1-2H3,(H,30,31). The van der Waals surface area contributed by atoms with Crippen LogP contribution in [-0.4, -0.2) is 33.9 Å². The fraction of sp³-hybridized carbons (Fsp3) is 0.393. The fourth-order valence-corrected chi connectivity index (χ4v) is 5.22. The van der Waals surface area contributed by atoms with Gasteiger partial charge >= 0.3 is 0 Å². The highest BCUT2D eigenvalue weighted by Crippen LogP contribution is 2.42. The van der Waals surface area contributed by atoms with Crippen LogP contribution < -0.4 is 0 Å². The summed E-state index contributed by atoms with van der Waals surface area (Å²) in [5.74, 6) is 2.04. The minimum absolute atomic E-state index is 0.128. The Hall–Kier alpha value is -3.39. The first-order valence-corrected chi connectivity index (χ1v) is 12.0. The van der Waals surface area contributed by atoms with E-state index in [0.29, 0.717) is 17.4 Å². The van der Waals surface area contributed by atoms with Gasteiger partial charge in [-0.25, -0.2) is 4.98 Å². The molecule has 0 radical (unpaired) electrons. The van der Waals surface area contributed by atoms with Crippen molar-refractivity contribution in [2.75, 3.05) is 13.1 Å². The molecule has 1 aliphatic heterocycles. The Morgan fingerprint density at radius 2 is 1.79 bits per heavy atom. The molecular weight excluding hydrogens is 408 g/mol. The first-order valence-electron chi connectivity index (χ1n) is 12.0. The number of amides is 1. The lowest BCUT2D eigenvalue weighted by Crippen LogP contribution is -2.38. The van der Waals surface area contributed by atoms with Gasteiger partial charge in [0.1, 0.15) is 5.82 Å². The van der Waals surface area contributed by atoms with Crippen molar-refractivity contribution in [1.29, 1.82) is 5.26 Å². The van der Waals surface area contributed by atoms with Crippen LogP contribution in [0.2, 0.25) is 0 Å². The average Bonchev–Trinajstić information content (AvgIpc) is 3.24. The number of likely N-dealkylation sites (tertiary alicyclic amines) is 1. The third-order valence-electron chi connectivity index (χ3n) is 7.46. The van der Waals surface area contributed by atoms with Crippen LogP contribution in [0.1, 0.15) is 82.4 Å². The predicted octanol–water partition coefficient (Wildman–Crippen LogP) is 5.85. The van der Waals surface area contributed by atoms with Crippen molar-refractivity contribution >= 4 is 5.91 Å². The van der Waals surface area contributed by atoms with Crippen LogP contribution in [0.25, 0.3) is 11.3 Å². The van der Waals surface area contributed by atoms with Crippen molar-refractivity contribution in [2.24, 2.45) is 0 Å². The van der Waals surface area contributed by atoms with Crippen molar-refractivity contribution in [3.05, 3.63) is 76.2 Å². The fourth-order valence-electron chi connectivity index (χ4n) is 5.22. The molecule has 3 aromatic rings. The Kier molecular flexibility index (Phi) is 5.76.